The summed E-state index contributed by atoms with van der Waals surface area (Å²) < 4.78 is 40.7. The number of ether oxygens (including phenoxy) is 1. The predicted octanol–water partition coefficient (Wildman–Crippen LogP) is 3.50. The van der Waals surface area contributed by atoms with Gasteiger partial charge in [0.2, 0.25) is 0 Å². The van der Waals surface area contributed by atoms with Gasteiger partial charge in [-0.25, -0.2) is 0 Å². The smallest absolute Gasteiger partial charge is 0.406 e. The van der Waals surface area contributed by atoms with Crippen LogP contribution < -0.4 is 10.5 Å². The van der Waals surface area contributed by atoms with Crippen LogP contribution in [0.4, 0.5) is 13.2 Å². The van der Waals surface area contributed by atoms with Crippen molar-refractivity contribution in [2.75, 3.05) is 0 Å². The quantitative estimate of drug-likeness (QED) is 0.889. The maximum absolute atomic E-state index is 12.3. The Morgan fingerprint density at radius 3 is 2.22 bits per heavy atom. The van der Waals surface area contributed by atoms with Crippen LogP contribution in [0.1, 0.15) is 44.1 Å². The van der Waals surface area contributed by atoms with Crippen molar-refractivity contribution in [2.45, 2.75) is 62.4 Å². The van der Waals surface area contributed by atoms with E-state index in [1.165, 1.54) is 12.1 Å². The first-order chi connectivity index (χ1) is 10.8. The highest BCUT2D eigenvalue weighted by atomic mass is 19.4. The Hall–Kier alpha value is -1.27. The molecule has 3 N–H and O–H groups in total. The normalized spacial score (nSPS) is 28.2. The van der Waals surface area contributed by atoms with E-state index in [2.05, 4.69) is 4.74 Å². The molecule has 3 rings (SSSR count). The number of aliphatic hydroxyl groups excluding tert-OH is 1. The van der Waals surface area contributed by atoms with Crippen molar-refractivity contribution < 1.29 is 23.0 Å². The van der Waals surface area contributed by atoms with Crippen LogP contribution in [0.3, 0.4) is 0 Å². The number of rotatable bonds is 4. The van der Waals surface area contributed by atoms with Gasteiger partial charge < -0.3 is 15.6 Å². The highest BCUT2D eigenvalue weighted by molar-refractivity contribution is 5.35. The molecular weight excluding hydrogens is 307 g/mol. The van der Waals surface area contributed by atoms with Crippen molar-refractivity contribution in [3.05, 3.63) is 29.8 Å². The summed E-state index contributed by atoms with van der Waals surface area (Å²) in [5.41, 5.74) is 6.63. The van der Waals surface area contributed by atoms with E-state index in [4.69, 9.17) is 5.73 Å². The van der Waals surface area contributed by atoms with Crippen LogP contribution in [0.15, 0.2) is 24.3 Å². The Bertz CT molecular complexity index is 540. The van der Waals surface area contributed by atoms with Gasteiger partial charge in [0.15, 0.2) is 0 Å². The van der Waals surface area contributed by atoms with Gasteiger partial charge in [0.25, 0.3) is 0 Å². The van der Waals surface area contributed by atoms with Crippen molar-refractivity contribution in [3.63, 3.8) is 0 Å². The molecule has 0 spiro atoms. The third-order valence-corrected chi connectivity index (χ3v) is 5.51. The van der Waals surface area contributed by atoms with Crippen LogP contribution in [-0.2, 0) is 5.41 Å². The Kier molecular flexibility index (Phi) is 4.31. The van der Waals surface area contributed by atoms with Crippen LogP contribution in [0.2, 0.25) is 0 Å². The minimum absolute atomic E-state index is 0.00955. The molecule has 1 unspecified atom stereocenters. The van der Waals surface area contributed by atoms with E-state index in [0.29, 0.717) is 0 Å². The minimum Gasteiger partial charge on any atom is -0.406 e. The highest BCUT2D eigenvalue weighted by Crippen LogP contribution is 2.50. The molecule has 0 amide bonds. The molecule has 0 aliphatic heterocycles. The zero-order valence-corrected chi connectivity index (χ0v) is 12.9. The third kappa shape index (κ3) is 3.19. The van der Waals surface area contributed by atoms with Gasteiger partial charge >= 0.3 is 6.36 Å². The first kappa shape index (κ1) is 16.6. The molecule has 0 heterocycles. The summed E-state index contributed by atoms with van der Waals surface area (Å²) in [5, 5.41) is 10.9. The molecule has 1 aromatic carbocycles. The molecule has 0 radical (unpaired) electrons. The fraction of sp³-hybridized carbons (Fsp3) is 0.647. The number of halogens is 3. The van der Waals surface area contributed by atoms with Gasteiger partial charge in [-0.2, -0.15) is 0 Å². The van der Waals surface area contributed by atoms with E-state index < -0.39 is 12.5 Å². The van der Waals surface area contributed by atoms with Crippen LogP contribution in [0.5, 0.6) is 5.75 Å². The molecule has 0 aromatic heterocycles. The van der Waals surface area contributed by atoms with E-state index in [1.807, 2.05) is 0 Å². The first-order valence-corrected chi connectivity index (χ1v) is 8.12. The lowest BCUT2D eigenvalue weighted by Crippen LogP contribution is -2.51. The van der Waals surface area contributed by atoms with Gasteiger partial charge in [-0.15, -0.1) is 13.2 Å². The molecular formula is C17H22F3NO2. The molecule has 1 aromatic rings. The topological polar surface area (TPSA) is 55.5 Å². The van der Waals surface area contributed by atoms with E-state index in [0.717, 1.165) is 44.1 Å². The molecule has 6 heteroatoms. The average Bonchev–Trinajstić information content (AvgIpc) is 2.84. The number of alkyl halides is 3. The summed E-state index contributed by atoms with van der Waals surface area (Å²) in [6.45, 7) is 0. The van der Waals surface area contributed by atoms with Crippen LogP contribution >= 0.6 is 0 Å². The molecule has 0 bridgehead atoms. The van der Waals surface area contributed by atoms with Gasteiger partial charge in [0.05, 0.1) is 6.10 Å². The summed E-state index contributed by atoms with van der Waals surface area (Å²) in [7, 11) is 0. The highest BCUT2D eigenvalue weighted by Gasteiger charge is 2.49. The monoisotopic (exact) mass is 329 g/mol. The fourth-order valence-corrected chi connectivity index (χ4v) is 4.12. The average molecular weight is 329 g/mol. The zero-order chi connectivity index (χ0) is 16.7. The second-order valence-corrected chi connectivity index (χ2v) is 6.79. The summed E-state index contributed by atoms with van der Waals surface area (Å²) in [6, 6.07) is 5.94. The lowest BCUT2D eigenvalue weighted by molar-refractivity contribution is -0.274. The summed E-state index contributed by atoms with van der Waals surface area (Å²) in [5.74, 6) is -0.163. The number of hydrogen-bond acceptors (Lipinski definition) is 3. The molecule has 128 valence electrons. The van der Waals surface area contributed by atoms with Crippen LogP contribution in [0.25, 0.3) is 0 Å². The summed E-state index contributed by atoms with van der Waals surface area (Å²) >= 11 is 0. The van der Waals surface area contributed by atoms with E-state index >= 15 is 0 Å². The maximum Gasteiger partial charge on any atom is 0.573 e. The van der Waals surface area contributed by atoms with Crippen molar-refractivity contribution in [1.29, 1.82) is 0 Å². The van der Waals surface area contributed by atoms with Crippen molar-refractivity contribution in [1.82, 2.24) is 0 Å². The molecule has 23 heavy (non-hydrogen) atoms. The number of benzene rings is 1. The Balaban J connectivity index is 1.80. The molecule has 2 fully saturated rings. The molecule has 2 aliphatic rings. The standard InChI is InChI=1S/C17H22F3NO2/c18-17(19,20)23-12-7-5-11(6-8-12)16(9-2-10-16)15(22)13-3-1-4-14(13)21/h5-8,13-15,22H,1-4,9-10,21H2/t13-,14+,15?/m0/s1. The van der Waals surface area contributed by atoms with E-state index in [-0.39, 0.29) is 23.1 Å². The Morgan fingerprint density at radius 2 is 1.78 bits per heavy atom. The van der Waals surface area contributed by atoms with Gasteiger partial charge in [-0.05, 0) is 43.4 Å². The number of nitrogens with two attached hydrogens (primary N) is 1. The summed E-state index contributed by atoms with van der Waals surface area (Å²) in [4.78, 5) is 0. The minimum atomic E-state index is -4.69. The third-order valence-electron chi connectivity index (χ3n) is 5.51. The van der Waals surface area contributed by atoms with E-state index in [9.17, 15) is 18.3 Å². The van der Waals surface area contributed by atoms with Crippen molar-refractivity contribution in [2.24, 2.45) is 11.7 Å². The predicted molar refractivity (Wildman–Crippen MR) is 80.0 cm³/mol. The van der Waals surface area contributed by atoms with Gasteiger partial charge in [0.1, 0.15) is 5.75 Å². The van der Waals surface area contributed by atoms with Crippen LogP contribution in [-0.4, -0.2) is 23.6 Å². The SMILES string of the molecule is N[C@@H]1CCC[C@@H]1C(O)C1(c2ccc(OC(F)(F)F)cc2)CCC1. The second-order valence-electron chi connectivity index (χ2n) is 6.79. The number of hydrogen-bond donors (Lipinski definition) is 2. The van der Waals surface area contributed by atoms with Gasteiger partial charge in [0, 0.05) is 17.4 Å². The summed E-state index contributed by atoms with van der Waals surface area (Å²) in [6.07, 6.45) is 0.342. The van der Waals surface area contributed by atoms with Gasteiger partial charge in [-0.3, -0.25) is 0 Å². The molecule has 3 atom stereocenters. The molecule has 2 saturated carbocycles. The van der Waals surface area contributed by atoms with E-state index in [1.54, 1.807) is 12.1 Å². The van der Waals surface area contributed by atoms with Crippen molar-refractivity contribution >= 4 is 0 Å². The largest absolute Gasteiger partial charge is 0.573 e. The zero-order valence-electron chi connectivity index (χ0n) is 12.9. The second kappa shape index (κ2) is 5.98. The van der Waals surface area contributed by atoms with Gasteiger partial charge in [-0.1, -0.05) is 25.0 Å². The van der Waals surface area contributed by atoms with Crippen LogP contribution in [0, 0.1) is 5.92 Å². The molecule has 0 saturated heterocycles. The Morgan fingerprint density at radius 1 is 1.13 bits per heavy atom. The Labute approximate surface area is 133 Å². The lowest BCUT2D eigenvalue weighted by atomic mass is 9.58. The van der Waals surface area contributed by atoms with Crippen molar-refractivity contribution in [3.8, 4) is 5.75 Å². The molecule has 3 nitrogen and oxygen atoms in total. The fourth-order valence-electron chi connectivity index (χ4n) is 4.12. The lowest BCUT2D eigenvalue weighted by Gasteiger charge is -2.49. The molecule has 2 aliphatic carbocycles. The number of aliphatic hydroxyl groups is 1. The maximum atomic E-state index is 12.3. The first-order valence-electron chi connectivity index (χ1n) is 8.12.